The topological polar surface area (TPSA) is 52.9 Å². The highest BCUT2D eigenvalue weighted by atomic mass is 35.5. The van der Waals surface area contributed by atoms with Gasteiger partial charge >= 0.3 is 5.51 Å². The normalized spacial score (nSPS) is 11.0. The molecular formula is C15H7Cl2F3N2OS. The number of nitriles is 1. The van der Waals surface area contributed by atoms with E-state index >= 15 is 0 Å². The summed E-state index contributed by atoms with van der Waals surface area (Å²) in [5, 5.41) is 11.8. The van der Waals surface area contributed by atoms with Crippen molar-refractivity contribution in [3.05, 3.63) is 57.6 Å². The lowest BCUT2D eigenvalue weighted by Crippen LogP contribution is -2.14. The first-order chi connectivity index (χ1) is 11.2. The first kappa shape index (κ1) is 18.5. The molecule has 3 nitrogen and oxygen atoms in total. The minimum Gasteiger partial charge on any atom is -0.322 e. The van der Waals surface area contributed by atoms with E-state index in [9.17, 15) is 18.0 Å². The predicted octanol–water partition coefficient (Wildman–Crippen LogP) is 5.73. The Balaban J connectivity index is 2.38. The van der Waals surface area contributed by atoms with E-state index in [0.29, 0.717) is 0 Å². The molecule has 0 saturated heterocycles. The van der Waals surface area contributed by atoms with Crippen molar-refractivity contribution >= 4 is 46.6 Å². The van der Waals surface area contributed by atoms with Crippen LogP contribution in [0.2, 0.25) is 10.0 Å². The van der Waals surface area contributed by atoms with Gasteiger partial charge in [-0.1, -0.05) is 23.2 Å². The maximum atomic E-state index is 12.6. The molecule has 0 fully saturated rings. The molecule has 9 heteroatoms. The summed E-state index contributed by atoms with van der Waals surface area (Å²) in [4.78, 5) is 12.0. The van der Waals surface area contributed by atoms with Gasteiger partial charge in [-0.3, -0.25) is 4.79 Å². The molecule has 2 rings (SSSR count). The number of amides is 1. The van der Waals surface area contributed by atoms with Gasteiger partial charge < -0.3 is 5.32 Å². The Kier molecular flexibility index (Phi) is 5.65. The number of nitrogens with zero attached hydrogens (tertiary/aromatic N) is 1. The van der Waals surface area contributed by atoms with Crippen LogP contribution < -0.4 is 5.32 Å². The first-order valence-electron chi connectivity index (χ1n) is 6.25. The maximum absolute atomic E-state index is 12.6. The molecule has 0 aliphatic carbocycles. The summed E-state index contributed by atoms with van der Waals surface area (Å²) in [5.74, 6) is -0.808. The lowest BCUT2D eigenvalue weighted by molar-refractivity contribution is -0.0328. The Morgan fingerprint density at radius 3 is 2.29 bits per heavy atom. The molecule has 0 spiro atoms. The number of hydrogen-bond donors (Lipinski definition) is 1. The van der Waals surface area contributed by atoms with Crippen LogP contribution in [0, 0.1) is 11.3 Å². The van der Waals surface area contributed by atoms with Gasteiger partial charge in [0.1, 0.15) is 0 Å². The van der Waals surface area contributed by atoms with Crippen LogP contribution in [0.4, 0.5) is 18.9 Å². The van der Waals surface area contributed by atoms with Crippen LogP contribution >= 0.6 is 35.0 Å². The van der Waals surface area contributed by atoms with E-state index in [2.05, 4.69) is 5.32 Å². The highest BCUT2D eigenvalue weighted by Gasteiger charge is 2.31. The third kappa shape index (κ3) is 5.06. The Morgan fingerprint density at radius 2 is 1.75 bits per heavy atom. The highest BCUT2D eigenvalue weighted by Crippen LogP contribution is 2.39. The van der Waals surface area contributed by atoms with Crippen molar-refractivity contribution in [2.75, 3.05) is 5.32 Å². The number of rotatable bonds is 3. The van der Waals surface area contributed by atoms with Gasteiger partial charge in [-0.15, -0.1) is 0 Å². The molecule has 2 aromatic carbocycles. The molecule has 0 bridgehead atoms. The smallest absolute Gasteiger partial charge is 0.322 e. The molecule has 24 heavy (non-hydrogen) atoms. The standard InChI is InChI=1S/C15H7Cl2F3N2OS/c16-9-4-10(17)6-11(5-9)22-14(23)12-3-8(7-21)1-2-13(12)24-15(18,19)20/h1-6H,(H,22,23). The second kappa shape index (κ2) is 7.34. The Hall–Kier alpha value is -1.88. The van der Waals surface area contributed by atoms with Gasteiger partial charge in [-0.2, -0.15) is 18.4 Å². The zero-order valence-corrected chi connectivity index (χ0v) is 13.9. The third-order valence-electron chi connectivity index (χ3n) is 2.70. The van der Waals surface area contributed by atoms with Crippen LogP contribution in [0.3, 0.4) is 0 Å². The largest absolute Gasteiger partial charge is 0.446 e. The summed E-state index contributed by atoms with van der Waals surface area (Å²) >= 11 is 11.2. The van der Waals surface area contributed by atoms with Gasteiger partial charge in [0.15, 0.2) is 0 Å². The van der Waals surface area contributed by atoms with Crippen LogP contribution in [-0.2, 0) is 0 Å². The predicted molar refractivity (Wildman–Crippen MR) is 87.5 cm³/mol. The van der Waals surface area contributed by atoms with Crippen molar-refractivity contribution in [1.82, 2.24) is 0 Å². The van der Waals surface area contributed by atoms with Gasteiger partial charge in [0.25, 0.3) is 5.91 Å². The molecule has 0 saturated carbocycles. The van der Waals surface area contributed by atoms with E-state index in [-0.39, 0.29) is 31.8 Å². The number of thioether (sulfide) groups is 1. The van der Waals surface area contributed by atoms with Crippen LogP contribution in [0.15, 0.2) is 41.3 Å². The maximum Gasteiger partial charge on any atom is 0.446 e. The van der Waals surface area contributed by atoms with Crippen molar-refractivity contribution in [3.63, 3.8) is 0 Å². The number of carbonyl (C=O) groups is 1. The fourth-order valence-electron chi connectivity index (χ4n) is 1.82. The van der Waals surface area contributed by atoms with Gasteiger partial charge in [0.2, 0.25) is 0 Å². The van der Waals surface area contributed by atoms with E-state index in [4.69, 9.17) is 28.5 Å². The van der Waals surface area contributed by atoms with Crippen molar-refractivity contribution in [2.24, 2.45) is 0 Å². The quantitative estimate of drug-likeness (QED) is 0.680. The summed E-state index contributed by atoms with van der Waals surface area (Å²) in [6.45, 7) is 0. The second-order valence-electron chi connectivity index (χ2n) is 4.48. The van der Waals surface area contributed by atoms with E-state index in [0.717, 1.165) is 12.1 Å². The number of benzene rings is 2. The first-order valence-corrected chi connectivity index (χ1v) is 7.82. The van der Waals surface area contributed by atoms with E-state index in [1.165, 1.54) is 24.3 Å². The molecule has 0 aliphatic rings. The summed E-state index contributed by atoms with van der Waals surface area (Å²) in [6, 6.07) is 9.41. The summed E-state index contributed by atoms with van der Waals surface area (Å²) in [5.41, 5.74) is -4.55. The molecular weight excluding hydrogens is 384 g/mol. The molecule has 0 unspecified atom stereocenters. The van der Waals surface area contributed by atoms with Crippen molar-refractivity contribution in [1.29, 1.82) is 5.26 Å². The van der Waals surface area contributed by atoms with E-state index in [1.807, 2.05) is 0 Å². The number of carbonyl (C=O) groups excluding carboxylic acids is 1. The molecule has 2 aromatic rings. The lowest BCUT2D eigenvalue weighted by atomic mass is 10.1. The van der Waals surface area contributed by atoms with Gasteiger partial charge in [-0.05, 0) is 48.2 Å². The zero-order valence-electron chi connectivity index (χ0n) is 11.6. The van der Waals surface area contributed by atoms with Crippen molar-refractivity contribution in [2.45, 2.75) is 10.4 Å². The van der Waals surface area contributed by atoms with E-state index < -0.39 is 23.2 Å². The Bertz CT molecular complexity index is 814. The minimum atomic E-state index is -4.57. The average molecular weight is 391 g/mol. The number of alkyl halides is 3. The number of halogens is 5. The Labute approximate surface area is 149 Å². The molecule has 1 amide bonds. The molecule has 1 N–H and O–H groups in total. The summed E-state index contributed by atoms with van der Waals surface area (Å²) in [6.07, 6.45) is 0. The highest BCUT2D eigenvalue weighted by molar-refractivity contribution is 8.00. The van der Waals surface area contributed by atoms with Crippen LogP contribution in [0.25, 0.3) is 0 Å². The van der Waals surface area contributed by atoms with Crippen LogP contribution in [0.5, 0.6) is 0 Å². The summed E-state index contributed by atoms with van der Waals surface area (Å²) < 4.78 is 37.9. The fraction of sp³-hybridized carbons (Fsp3) is 0.0667. The molecule has 0 atom stereocenters. The fourth-order valence-corrected chi connectivity index (χ4v) is 2.99. The zero-order chi connectivity index (χ0) is 17.9. The number of hydrogen-bond acceptors (Lipinski definition) is 3. The van der Waals surface area contributed by atoms with E-state index in [1.54, 1.807) is 6.07 Å². The van der Waals surface area contributed by atoms with Crippen LogP contribution in [0.1, 0.15) is 15.9 Å². The van der Waals surface area contributed by atoms with Crippen molar-refractivity contribution < 1.29 is 18.0 Å². The SMILES string of the molecule is N#Cc1ccc(SC(F)(F)F)c(C(=O)Nc2cc(Cl)cc(Cl)c2)c1. The third-order valence-corrected chi connectivity index (χ3v) is 3.94. The Morgan fingerprint density at radius 1 is 1.12 bits per heavy atom. The molecule has 0 aliphatic heterocycles. The molecule has 0 aromatic heterocycles. The number of anilines is 1. The number of nitrogens with one attached hydrogen (secondary N) is 1. The lowest BCUT2D eigenvalue weighted by Gasteiger charge is -2.12. The minimum absolute atomic E-state index is 0.0656. The second-order valence-corrected chi connectivity index (χ2v) is 6.46. The molecule has 0 heterocycles. The monoisotopic (exact) mass is 390 g/mol. The van der Waals surface area contributed by atoms with Gasteiger partial charge in [-0.25, -0.2) is 0 Å². The summed E-state index contributed by atoms with van der Waals surface area (Å²) in [7, 11) is 0. The van der Waals surface area contributed by atoms with Gasteiger partial charge in [0.05, 0.1) is 17.2 Å². The van der Waals surface area contributed by atoms with Crippen LogP contribution in [-0.4, -0.2) is 11.4 Å². The van der Waals surface area contributed by atoms with Crippen molar-refractivity contribution in [3.8, 4) is 6.07 Å². The molecule has 124 valence electrons. The average Bonchev–Trinajstić information content (AvgIpc) is 2.44. The molecule has 0 radical (unpaired) electrons. The van der Waals surface area contributed by atoms with Gasteiger partial charge in [0, 0.05) is 20.6 Å².